The summed E-state index contributed by atoms with van der Waals surface area (Å²) in [5.74, 6) is -1.29. The van der Waals surface area contributed by atoms with Gasteiger partial charge in [0.15, 0.2) is 11.5 Å². The van der Waals surface area contributed by atoms with Crippen molar-refractivity contribution in [3.8, 4) is 17.6 Å². The molecule has 0 aliphatic rings. The van der Waals surface area contributed by atoms with Gasteiger partial charge in [0.2, 0.25) is 0 Å². The van der Waals surface area contributed by atoms with Gasteiger partial charge in [-0.3, -0.25) is 4.79 Å². The van der Waals surface area contributed by atoms with Crippen LogP contribution >= 0.6 is 0 Å². The molecular formula is C12H14N2O3. The van der Waals surface area contributed by atoms with Crippen molar-refractivity contribution in [2.45, 2.75) is 25.8 Å². The van der Waals surface area contributed by atoms with Crippen molar-refractivity contribution >= 4 is 5.91 Å². The zero-order valence-corrected chi connectivity index (χ0v) is 9.47. The number of hydrogen-bond acceptors (Lipinski definition) is 4. The summed E-state index contributed by atoms with van der Waals surface area (Å²) >= 11 is 0. The number of nitrogens with one attached hydrogen (secondary N) is 1. The lowest BCUT2D eigenvalue weighted by Gasteiger charge is -2.14. The van der Waals surface area contributed by atoms with Gasteiger partial charge < -0.3 is 15.5 Å². The fourth-order valence-electron chi connectivity index (χ4n) is 1.39. The Kier molecular flexibility index (Phi) is 4.35. The molecule has 1 rings (SSSR count). The lowest BCUT2D eigenvalue weighted by molar-refractivity contribution is 0.0933. The van der Waals surface area contributed by atoms with Gasteiger partial charge in [0.05, 0.1) is 18.1 Å². The summed E-state index contributed by atoms with van der Waals surface area (Å²) in [5, 5.41) is 29.9. The first-order valence-corrected chi connectivity index (χ1v) is 5.28. The maximum atomic E-state index is 11.8. The van der Waals surface area contributed by atoms with Gasteiger partial charge in [0, 0.05) is 6.04 Å². The topological polar surface area (TPSA) is 93.4 Å². The highest BCUT2D eigenvalue weighted by atomic mass is 16.3. The number of carbonyl (C=O) groups is 1. The third-order valence-corrected chi connectivity index (χ3v) is 2.43. The number of nitrogens with zero attached hydrogens (tertiary/aromatic N) is 1. The minimum absolute atomic E-state index is 0.00129. The van der Waals surface area contributed by atoms with Gasteiger partial charge in [-0.1, -0.05) is 13.0 Å². The SMILES string of the molecule is CC[C@H](CC#N)NC(=O)c1cccc(O)c1O. The maximum Gasteiger partial charge on any atom is 0.255 e. The molecule has 0 unspecified atom stereocenters. The Hall–Kier alpha value is -2.22. The van der Waals surface area contributed by atoms with Crippen molar-refractivity contribution in [1.29, 1.82) is 5.26 Å². The summed E-state index contributed by atoms with van der Waals surface area (Å²) < 4.78 is 0. The second-order valence-electron chi connectivity index (χ2n) is 3.61. The Balaban J connectivity index is 2.83. The summed E-state index contributed by atoms with van der Waals surface area (Å²) in [5.41, 5.74) is 0.00129. The predicted molar refractivity (Wildman–Crippen MR) is 61.5 cm³/mol. The predicted octanol–water partition coefficient (Wildman–Crippen LogP) is 1.52. The monoisotopic (exact) mass is 234 g/mol. The standard InChI is InChI=1S/C12H14N2O3/c1-2-8(6-7-13)14-12(17)9-4-3-5-10(15)11(9)16/h3-5,8,15-16H,2,6H2,1H3,(H,14,17)/t8-/m1/s1. The lowest BCUT2D eigenvalue weighted by Crippen LogP contribution is -2.34. The van der Waals surface area contributed by atoms with Gasteiger partial charge in [-0.25, -0.2) is 0 Å². The van der Waals surface area contributed by atoms with Crippen molar-refractivity contribution in [2.24, 2.45) is 0 Å². The van der Waals surface area contributed by atoms with E-state index >= 15 is 0 Å². The average Bonchev–Trinajstić information content (AvgIpc) is 2.31. The molecule has 90 valence electrons. The molecule has 0 bridgehead atoms. The number of phenols is 2. The van der Waals surface area contributed by atoms with E-state index in [0.29, 0.717) is 6.42 Å². The zero-order chi connectivity index (χ0) is 12.8. The van der Waals surface area contributed by atoms with Crippen molar-refractivity contribution in [2.75, 3.05) is 0 Å². The van der Waals surface area contributed by atoms with Gasteiger partial charge in [-0.05, 0) is 18.6 Å². The molecule has 0 saturated carbocycles. The molecule has 5 nitrogen and oxygen atoms in total. The summed E-state index contributed by atoms with van der Waals surface area (Å²) in [6, 6.07) is 5.88. The Bertz CT molecular complexity index is 452. The van der Waals surface area contributed by atoms with Gasteiger partial charge in [-0.15, -0.1) is 0 Å². The average molecular weight is 234 g/mol. The van der Waals surface area contributed by atoms with E-state index in [4.69, 9.17) is 5.26 Å². The Morgan fingerprint density at radius 3 is 2.82 bits per heavy atom. The fraction of sp³-hybridized carbons (Fsp3) is 0.333. The number of hydrogen-bond donors (Lipinski definition) is 3. The number of carbonyl (C=O) groups excluding carboxylic acids is 1. The highest BCUT2D eigenvalue weighted by Crippen LogP contribution is 2.28. The molecule has 1 aromatic carbocycles. The van der Waals surface area contributed by atoms with Gasteiger partial charge in [0.25, 0.3) is 5.91 Å². The van der Waals surface area contributed by atoms with Crippen LogP contribution in [0.25, 0.3) is 0 Å². The summed E-state index contributed by atoms with van der Waals surface area (Å²) in [7, 11) is 0. The number of nitriles is 1. The molecule has 0 aliphatic carbocycles. The number of para-hydroxylation sites is 1. The summed E-state index contributed by atoms with van der Waals surface area (Å²) in [4.78, 5) is 11.8. The van der Waals surface area contributed by atoms with E-state index in [1.165, 1.54) is 18.2 Å². The Morgan fingerprint density at radius 2 is 2.24 bits per heavy atom. The highest BCUT2D eigenvalue weighted by Gasteiger charge is 2.16. The van der Waals surface area contributed by atoms with Crippen molar-refractivity contribution in [1.82, 2.24) is 5.32 Å². The second kappa shape index (κ2) is 5.75. The van der Waals surface area contributed by atoms with Crippen LogP contribution in [0, 0.1) is 11.3 Å². The molecule has 1 amide bonds. The highest BCUT2D eigenvalue weighted by molar-refractivity contribution is 5.97. The molecule has 1 aromatic rings. The number of rotatable bonds is 4. The van der Waals surface area contributed by atoms with E-state index in [9.17, 15) is 15.0 Å². The van der Waals surface area contributed by atoms with E-state index in [2.05, 4.69) is 5.32 Å². The molecule has 1 atom stereocenters. The molecule has 3 N–H and O–H groups in total. The van der Waals surface area contributed by atoms with Gasteiger partial charge in [0.1, 0.15) is 0 Å². The first kappa shape index (κ1) is 12.8. The molecule has 5 heteroatoms. The second-order valence-corrected chi connectivity index (χ2v) is 3.61. The molecule has 0 fully saturated rings. The van der Waals surface area contributed by atoms with E-state index in [1.54, 1.807) is 0 Å². The minimum Gasteiger partial charge on any atom is -0.504 e. The minimum atomic E-state index is -0.500. The van der Waals surface area contributed by atoms with Crippen LogP contribution in [0.2, 0.25) is 0 Å². The number of phenolic OH excluding ortho intramolecular Hbond substituents is 2. The van der Waals surface area contributed by atoms with Crippen LogP contribution in [0.3, 0.4) is 0 Å². The molecular weight excluding hydrogens is 220 g/mol. The van der Waals surface area contributed by atoms with Crippen LogP contribution < -0.4 is 5.32 Å². The lowest BCUT2D eigenvalue weighted by atomic mass is 10.1. The Labute approximate surface area is 99.3 Å². The molecule has 0 aliphatic heterocycles. The molecule has 0 heterocycles. The molecule has 0 spiro atoms. The van der Waals surface area contributed by atoms with E-state index in [-0.39, 0.29) is 23.8 Å². The van der Waals surface area contributed by atoms with Gasteiger partial charge in [-0.2, -0.15) is 5.26 Å². The zero-order valence-electron chi connectivity index (χ0n) is 9.47. The van der Waals surface area contributed by atoms with Crippen LogP contribution in [-0.2, 0) is 0 Å². The maximum absolute atomic E-state index is 11.8. The smallest absolute Gasteiger partial charge is 0.255 e. The quantitative estimate of drug-likeness (QED) is 0.688. The largest absolute Gasteiger partial charge is 0.504 e. The number of aromatic hydroxyl groups is 2. The van der Waals surface area contributed by atoms with Gasteiger partial charge >= 0.3 is 0 Å². The van der Waals surface area contributed by atoms with Crippen LogP contribution in [0.1, 0.15) is 30.1 Å². The third-order valence-electron chi connectivity index (χ3n) is 2.43. The fourth-order valence-corrected chi connectivity index (χ4v) is 1.39. The van der Waals surface area contributed by atoms with E-state index in [1.807, 2.05) is 13.0 Å². The third kappa shape index (κ3) is 3.11. The van der Waals surface area contributed by atoms with Crippen molar-refractivity contribution in [3.63, 3.8) is 0 Å². The molecule has 0 radical (unpaired) electrons. The normalized spacial score (nSPS) is 11.5. The summed E-state index contributed by atoms with van der Waals surface area (Å²) in [6.07, 6.45) is 0.834. The van der Waals surface area contributed by atoms with Crippen molar-refractivity contribution in [3.05, 3.63) is 23.8 Å². The van der Waals surface area contributed by atoms with Crippen LogP contribution in [0.4, 0.5) is 0 Å². The molecule has 0 saturated heterocycles. The van der Waals surface area contributed by atoms with Crippen molar-refractivity contribution < 1.29 is 15.0 Å². The number of benzene rings is 1. The van der Waals surface area contributed by atoms with E-state index in [0.717, 1.165) is 0 Å². The molecule has 17 heavy (non-hydrogen) atoms. The van der Waals surface area contributed by atoms with Crippen LogP contribution in [-0.4, -0.2) is 22.2 Å². The first-order chi connectivity index (χ1) is 8.10. The van der Waals surface area contributed by atoms with Crippen LogP contribution in [0.15, 0.2) is 18.2 Å². The first-order valence-electron chi connectivity index (χ1n) is 5.28. The van der Waals surface area contributed by atoms with E-state index < -0.39 is 11.7 Å². The Morgan fingerprint density at radius 1 is 1.53 bits per heavy atom. The van der Waals surface area contributed by atoms with Crippen LogP contribution in [0.5, 0.6) is 11.5 Å². The number of amides is 1. The molecule has 0 aromatic heterocycles. The summed E-state index contributed by atoms with van der Waals surface area (Å²) in [6.45, 7) is 1.85.